The van der Waals surface area contributed by atoms with Crippen LogP contribution in [0.2, 0.25) is 0 Å². The molecular formula is C9H9NO4. The molecule has 0 saturated heterocycles. The van der Waals surface area contributed by atoms with Crippen LogP contribution in [0.1, 0.15) is 13.1 Å². The van der Waals surface area contributed by atoms with Crippen molar-refractivity contribution < 1.29 is 22.3 Å². The Morgan fingerprint density at radius 1 is 1.43 bits per heavy atom. The average molecular weight is 197 g/mol. The molecule has 0 fully saturated rings. The molecule has 0 bridgehead atoms. The first-order valence-corrected chi connectivity index (χ1v) is 3.70. The first-order valence-electron chi connectivity index (χ1n) is 4.70. The number of rotatable bonds is 4. The Hall–Kier alpha value is -1.88. The molecule has 0 unspecified atom stereocenters. The summed E-state index contributed by atoms with van der Waals surface area (Å²) >= 11 is 0. The maximum Gasteiger partial charge on any atom is 0.332 e. The maximum atomic E-state index is 11.3. The van der Waals surface area contributed by atoms with Crippen molar-refractivity contribution in [3.63, 3.8) is 0 Å². The highest BCUT2D eigenvalue weighted by atomic mass is 16.7. The molecule has 1 rings (SSSR count). The van der Waals surface area contributed by atoms with E-state index < -0.39 is 18.4 Å². The second-order valence-electron chi connectivity index (χ2n) is 2.31. The number of amides is 1. The minimum Gasteiger partial charge on any atom is -0.479 e. The lowest BCUT2D eigenvalue weighted by atomic mass is 10.2. The van der Waals surface area contributed by atoms with E-state index in [1.54, 1.807) is 23.7 Å². The number of benzene rings is 1. The van der Waals surface area contributed by atoms with Crippen LogP contribution in [-0.2, 0) is 9.63 Å². The normalized spacial score (nSPS) is 12.6. The second kappa shape index (κ2) is 4.98. The molecule has 0 heterocycles. The lowest BCUT2D eigenvalue weighted by Crippen LogP contribution is -2.26. The van der Waals surface area contributed by atoms with Crippen LogP contribution in [0.5, 0.6) is 0 Å². The minimum absolute atomic E-state index is 0.240. The zero-order chi connectivity index (χ0) is 12.2. The summed E-state index contributed by atoms with van der Waals surface area (Å²) in [5.41, 5.74) is 1.97. The average Bonchev–Trinajstić information content (AvgIpc) is 2.27. The number of aliphatic carboxylic acids is 1. The molecule has 1 aromatic carbocycles. The summed E-state index contributed by atoms with van der Waals surface area (Å²) in [5, 5.41) is 8.37. The number of carbonyl (C=O) groups is 2. The van der Waals surface area contributed by atoms with E-state index in [1.165, 1.54) is 12.1 Å². The van der Waals surface area contributed by atoms with E-state index >= 15 is 0 Å². The highest BCUT2D eigenvalue weighted by Crippen LogP contribution is 1.97. The Labute approximate surface area is 83.1 Å². The number of hydrogen-bond acceptors (Lipinski definition) is 3. The standard InChI is InChI=1S/C9H9NO4/c11-8(12)6-14-10-9(13)7-4-2-1-3-5-7/h1-5H,6H2,(H,10,13)(H,11,12)/i6D2. The van der Waals surface area contributed by atoms with Gasteiger partial charge in [0.15, 0.2) is 6.56 Å². The maximum absolute atomic E-state index is 11.3. The fourth-order valence-electron chi connectivity index (χ4n) is 0.764. The van der Waals surface area contributed by atoms with Crippen molar-refractivity contribution in [2.24, 2.45) is 0 Å². The zero-order valence-corrected chi connectivity index (χ0v) is 7.06. The van der Waals surface area contributed by atoms with Gasteiger partial charge in [-0.1, -0.05) is 18.2 Å². The molecule has 5 heteroatoms. The van der Waals surface area contributed by atoms with Crippen molar-refractivity contribution in [1.82, 2.24) is 5.48 Å². The molecular weight excluding hydrogens is 186 g/mol. The Balaban J connectivity index is 2.58. The number of carboxylic acid groups (broad SMARTS) is 1. The van der Waals surface area contributed by atoms with E-state index in [1.807, 2.05) is 0 Å². The summed E-state index contributed by atoms with van der Waals surface area (Å²) in [4.78, 5) is 25.8. The molecule has 0 radical (unpaired) electrons. The summed E-state index contributed by atoms with van der Waals surface area (Å²) in [6.45, 7) is -2.95. The number of hydroxylamine groups is 1. The Morgan fingerprint density at radius 2 is 2.07 bits per heavy atom. The number of carbonyl (C=O) groups excluding carboxylic acids is 1. The number of carboxylic acids is 1. The first kappa shape index (κ1) is 7.52. The lowest BCUT2D eigenvalue weighted by Gasteiger charge is -2.02. The molecule has 0 aliphatic rings. The summed E-state index contributed by atoms with van der Waals surface area (Å²) < 4.78 is 13.7. The summed E-state index contributed by atoms with van der Waals surface area (Å²) in [5.74, 6) is -2.54. The van der Waals surface area contributed by atoms with Crippen LogP contribution in [-0.4, -0.2) is 23.5 Å². The molecule has 2 N–H and O–H groups in total. The van der Waals surface area contributed by atoms with Crippen molar-refractivity contribution >= 4 is 11.9 Å². The van der Waals surface area contributed by atoms with Crippen molar-refractivity contribution in [3.05, 3.63) is 35.9 Å². The van der Waals surface area contributed by atoms with Gasteiger partial charge in [0.25, 0.3) is 5.91 Å². The van der Waals surface area contributed by atoms with Gasteiger partial charge in [0, 0.05) is 5.56 Å². The van der Waals surface area contributed by atoms with Crippen molar-refractivity contribution in [2.45, 2.75) is 0 Å². The molecule has 5 nitrogen and oxygen atoms in total. The largest absolute Gasteiger partial charge is 0.479 e. The molecule has 0 aliphatic heterocycles. The number of nitrogens with one attached hydrogen (secondary N) is 1. The van der Waals surface area contributed by atoms with Crippen LogP contribution in [0.25, 0.3) is 0 Å². The molecule has 0 spiro atoms. The Bertz CT molecular complexity index is 394. The minimum atomic E-state index is -2.95. The van der Waals surface area contributed by atoms with Crippen LogP contribution < -0.4 is 5.48 Å². The van der Waals surface area contributed by atoms with Gasteiger partial charge in [0.05, 0.1) is 2.74 Å². The van der Waals surface area contributed by atoms with Gasteiger partial charge in [-0.3, -0.25) is 9.63 Å². The molecule has 0 aromatic heterocycles. The van der Waals surface area contributed by atoms with Crippen molar-refractivity contribution in [2.75, 3.05) is 6.56 Å². The van der Waals surface area contributed by atoms with Gasteiger partial charge >= 0.3 is 5.97 Å². The fraction of sp³-hybridized carbons (Fsp3) is 0.111. The third-order valence-electron chi connectivity index (χ3n) is 1.32. The van der Waals surface area contributed by atoms with E-state index in [4.69, 9.17) is 7.85 Å². The van der Waals surface area contributed by atoms with Gasteiger partial charge in [-0.25, -0.2) is 10.3 Å². The van der Waals surface area contributed by atoms with Crippen molar-refractivity contribution in [1.29, 1.82) is 0 Å². The molecule has 1 amide bonds. The monoisotopic (exact) mass is 197 g/mol. The third-order valence-corrected chi connectivity index (χ3v) is 1.32. The van der Waals surface area contributed by atoms with Gasteiger partial charge in [-0.05, 0) is 12.1 Å². The predicted octanol–water partition coefficient (Wildman–Crippen LogP) is 0.433. The molecule has 74 valence electrons. The van der Waals surface area contributed by atoms with E-state index in [-0.39, 0.29) is 5.56 Å². The molecule has 0 saturated carbocycles. The first-order chi connectivity index (χ1) is 7.43. The quantitative estimate of drug-likeness (QED) is 0.686. The van der Waals surface area contributed by atoms with Crippen LogP contribution >= 0.6 is 0 Å². The smallest absolute Gasteiger partial charge is 0.332 e. The number of hydrogen-bond donors (Lipinski definition) is 2. The summed E-state index contributed by atoms with van der Waals surface area (Å²) in [7, 11) is 0. The molecule has 0 atom stereocenters. The van der Waals surface area contributed by atoms with E-state index in [2.05, 4.69) is 4.84 Å². The lowest BCUT2D eigenvalue weighted by molar-refractivity contribution is -0.144. The van der Waals surface area contributed by atoms with Crippen LogP contribution in [0.3, 0.4) is 0 Å². The second-order valence-corrected chi connectivity index (χ2v) is 2.31. The highest BCUT2D eigenvalue weighted by molar-refractivity contribution is 5.93. The molecule has 0 aliphatic carbocycles. The van der Waals surface area contributed by atoms with Crippen molar-refractivity contribution in [3.8, 4) is 0 Å². The summed E-state index contributed by atoms with van der Waals surface area (Å²) in [6, 6.07) is 7.89. The highest BCUT2D eigenvalue weighted by Gasteiger charge is 2.04. The summed E-state index contributed by atoms with van der Waals surface area (Å²) in [6.07, 6.45) is 0. The SMILES string of the molecule is [2H]C([2H])(ONC(=O)c1ccccc1)C(=O)O. The third kappa shape index (κ3) is 3.24. The Kier molecular flexibility index (Phi) is 2.67. The fourth-order valence-corrected chi connectivity index (χ4v) is 0.764. The predicted molar refractivity (Wildman–Crippen MR) is 47.5 cm³/mol. The topological polar surface area (TPSA) is 75.6 Å². The van der Waals surface area contributed by atoms with Gasteiger partial charge < -0.3 is 5.11 Å². The van der Waals surface area contributed by atoms with Crippen LogP contribution in [0.4, 0.5) is 0 Å². The molecule has 1 aromatic rings. The Morgan fingerprint density at radius 3 is 2.64 bits per heavy atom. The van der Waals surface area contributed by atoms with Gasteiger partial charge in [-0.2, -0.15) is 0 Å². The molecule has 14 heavy (non-hydrogen) atoms. The van der Waals surface area contributed by atoms with Gasteiger partial charge in [0.1, 0.15) is 0 Å². The van der Waals surface area contributed by atoms with Crippen LogP contribution in [0.15, 0.2) is 30.3 Å². The van der Waals surface area contributed by atoms with Gasteiger partial charge in [0.2, 0.25) is 0 Å². The van der Waals surface area contributed by atoms with E-state index in [0.717, 1.165) is 0 Å². The zero-order valence-electron chi connectivity index (χ0n) is 9.06. The van der Waals surface area contributed by atoms with Crippen LogP contribution in [0, 0.1) is 0 Å². The van der Waals surface area contributed by atoms with E-state index in [9.17, 15) is 9.59 Å². The van der Waals surface area contributed by atoms with Gasteiger partial charge in [-0.15, -0.1) is 0 Å². The van der Waals surface area contributed by atoms with E-state index in [0.29, 0.717) is 0 Å².